The van der Waals surface area contributed by atoms with Gasteiger partial charge >= 0.3 is 5.97 Å². The van der Waals surface area contributed by atoms with Crippen molar-refractivity contribution in [1.82, 2.24) is 0 Å². The average Bonchev–Trinajstić information content (AvgIpc) is 2.78. The van der Waals surface area contributed by atoms with Crippen LogP contribution in [0.4, 0.5) is 0 Å². The lowest BCUT2D eigenvalue weighted by Crippen LogP contribution is -2.13. The van der Waals surface area contributed by atoms with Crippen molar-refractivity contribution in [3.63, 3.8) is 0 Å². The highest BCUT2D eigenvalue weighted by molar-refractivity contribution is 5.81. The first kappa shape index (κ1) is 21.2. The Hall–Kier alpha value is -2.55. The summed E-state index contributed by atoms with van der Waals surface area (Å²) in [5.41, 5.74) is 3.83. The van der Waals surface area contributed by atoms with Crippen molar-refractivity contribution in [1.29, 1.82) is 0 Å². The third-order valence-electron chi connectivity index (χ3n) is 5.98. The Bertz CT molecular complexity index is 769. The molecule has 3 nitrogen and oxygen atoms in total. The van der Waals surface area contributed by atoms with Crippen LogP contribution in [0.1, 0.15) is 63.4 Å². The normalized spacial score (nSPS) is 18.8. The molecular weight excluding hydrogens is 360 g/mol. The lowest BCUT2D eigenvalue weighted by molar-refractivity contribution is -0.144. The maximum Gasteiger partial charge on any atom is 0.333 e. The van der Waals surface area contributed by atoms with Crippen LogP contribution in [0.25, 0.3) is 11.1 Å². The predicted molar refractivity (Wildman–Crippen MR) is 118 cm³/mol. The second-order valence-corrected chi connectivity index (χ2v) is 7.94. The zero-order chi connectivity index (χ0) is 20.5. The Morgan fingerprint density at radius 2 is 1.62 bits per heavy atom. The van der Waals surface area contributed by atoms with E-state index in [9.17, 15) is 4.79 Å². The van der Waals surface area contributed by atoms with Crippen LogP contribution >= 0.6 is 0 Å². The van der Waals surface area contributed by atoms with Gasteiger partial charge in [0.15, 0.2) is 0 Å². The number of hydrogen-bond donors (Lipinski definition) is 0. The van der Waals surface area contributed by atoms with Crippen LogP contribution in [-0.2, 0) is 9.53 Å². The largest absolute Gasteiger partial charge is 0.457 e. The van der Waals surface area contributed by atoms with Crippen LogP contribution in [0.15, 0.2) is 61.2 Å². The number of benzene rings is 2. The second-order valence-electron chi connectivity index (χ2n) is 7.94. The van der Waals surface area contributed by atoms with E-state index in [1.54, 1.807) is 0 Å². The van der Waals surface area contributed by atoms with E-state index in [0.29, 0.717) is 5.75 Å². The quantitative estimate of drug-likeness (QED) is 0.265. The van der Waals surface area contributed by atoms with Crippen molar-refractivity contribution < 1.29 is 14.3 Å². The minimum absolute atomic E-state index is 0.112. The molecule has 1 fully saturated rings. The van der Waals surface area contributed by atoms with E-state index in [2.05, 4.69) is 37.8 Å². The molecule has 0 heterocycles. The Morgan fingerprint density at radius 1 is 1.00 bits per heavy atom. The van der Waals surface area contributed by atoms with Crippen molar-refractivity contribution in [2.75, 3.05) is 6.79 Å². The summed E-state index contributed by atoms with van der Waals surface area (Å²) in [5, 5.41) is 0. The maximum absolute atomic E-state index is 11.0. The number of unbranched alkanes of at least 4 members (excludes halogenated alkanes) is 1. The second kappa shape index (κ2) is 10.8. The highest BCUT2D eigenvalue weighted by Crippen LogP contribution is 2.38. The molecule has 0 saturated heterocycles. The fourth-order valence-corrected chi connectivity index (χ4v) is 4.18. The summed E-state index contributed by atoms with van der Waals surface area (Å²) < 4.78 is 10.2. The van der Waals surface area contributed by atoms with Gasteiger partial charge in [-0.15, -0.1) is 0 Å². The number of hydrogen-bond acceptors (Lipinski definition) is 3. The van der Waals surface area contributed by atoms with Gasteiger partial charge in [-0.1, -0.05) is 69.2 Å². The number of esters is 1. The van der Waals surface area contributed by atoms with Crippen molar-refractivity contribution in [3.05, 3.63) is 66.7 Å². The molecule has 0 atom stereocenters. The monoisotopic (exact) mass is 392 g/mol. The third-order valence-corrected chi connectivity index (χ3v) is 5.98. The van der Waals surface area contributed by atoms with Gasteiger partial charge in [-0.25, -0.2) is 4.79 Å². The van der Waals surface area contributed by atoms with Crippen molar-refractivity contribution in [2.45, 2.75) is 57.8 Å². The average molecular weight is 393 g/mol. The van der Waals surface area contributed by atoms with Gasteiger partial charge < -0.3 is 9.47 Å². The fraction of sp³-hybridized carbons (Fsp3) is 0.423. The molecule has 29 heavy (non-hydrogen) atoms. The summed E-state index contributed by atoms with van der Waals surface area (Å²) in [6.07, 6.45) is 10.7. The molecule has 0 aromatic heterocycles. The van der Waals surface area contributed by atoms with Crippen molar-refractivity contribution in [2.24, 2.45) is 5.92 Å². The zero-order valence-electron chi connectivity index (χ0n) is 17.4. The molecule has 0 spiro atoms. The summed E-state index contributed by atoms with van der Waals surface area (Å²) in [6.45, 7) is 5.53. The lowest BCUT2D eigenvalue weighted by Gasteiger charge is -2.29. The van der Waals surface area contributed by atoms with E-state index >= 15 is 0 Å². The Morgan fingerprint density at radius 3 is 2.21 bits per heavy atom. The molecule has 3 rings (SSSR count). The van der Waals surface area contributed by atoms with Gasteiger partial charge in [-0.05, 0) is 66.3 Å². The summed E-state index contributed by atoms with van der Waals surface area (Å²) in [6, 6.07) is 16.9. The van der Waals surface area contributed by atoms with Crippen molar-refractivity contribution in [3.8, 4) is 16.9 Å². The molecule has 0 amide bonds. The highest BCUT2D eigenvalue weighted by atomic mass is 16.7. The predicted octanol–water partition coefficient (Wildman–Crippen LogP) is 6.88. The molecule has 1 aliphatic rings. The maximum atomic E-state index is 11.0. The number of rotatable bonds is 9. The van der Waals surface area contributed by atoms with Crippen LogP contribution in [0.2, 0.25) is 0 Å². The topological polar surface area (TPSA) is 35.5 Å². The Balaban J connectivity index is 1.52. The van der Waals surface area contributed by atoms with Gasteiger partial charge in [-0.2, -0.15) is 0 Å². The molecule has 0 aliphatic heterocycles. The first-order chi connectivity index (χ1) is 14.2. The summed E-state index contributed by atoms with van der Waals surface area (Å²) in [4.78, 5) is 11.0. The molecule has 2 aromatic rings. The van der Waals surface area contributed by atoms with E-state index in [1.807, 2.05) is 24.3 Å². The van der Waals surface area contributed by atoms with Crippen LogP contribution in [0.3, 0.4) is 0 Å². The number of carbonyl (C=O) groups is 1. The zero-order valence-corrected chi connectivity index (χ0v) is 17.4. The molecule has 1 aliphatic carbocycles. The molecule has 0 unspecified atom stereocenters. The van der Waals surface area contributed by atoms with Gasteiger partial charge in [0.2, 0.25) is 6.79 Å². The number of ether oxygens (including phenoxy) is 2. The fourth-order valence-electron chi connectivity index (χ4n) is 4.18. The Kier molecular flexibility index (Phi) is 7.92. The van der Waals surface area contributed by atoms with E-state index < -0.39 is 5.97 Å². The van der Waals surface area contributed by atoms with Gasteiger partial charge in [0.05, 0.1) is 0 Å². The minimum atomic E-state index is -0.490. The molecule has 154 valence electrons. The summed E-state index contributed by atoms with van der Waals surface area (Å²) in [5.74, 6) is 1.85. The van der Waals surface area contributed by atoms with Gasteiger partial charge in [-0.3, -0.25) is 0 Å². The molecule has 0 radical (unpaired) electrons. The molecule has 1 saturated carbocycles. The minimum Gasteiger partial charge on any atom is -0.457 e. The third kappa shape index (κ3) is 6.22. The smallest absolute Gasteiger partial charge is 0.333 e. The van der Waals surface area contributed by atoms with E-state index in [-0.39, 0.29) is 6.79 Å². The molecule has 3 heteroatoms. The van der Waals surface area contributed by atoms with Crippen LogP contribution < -0.4 is 4.74 Å². The first-order valence-corrected chi connectivity index (χ1v) is 10.8. The van der Waals surface area contributed by atoms with Crippen LogP contribution in [0.5, 0.6) is 5.75 Å². The summed E-state index contributed by atoms with van der Waals surface area (Å²) >= 11 is 0. The highest BCUT2D eigenvalue weighted by Gasteiger charge is 2.21. The van der Waals surface area contributed by atoms with Gasteiger partial charge in [0.1, 0.15) is 5.75 Å². The van der Waals surface area contributed by atoms with Crippen LogP contribution in [-0.4, -0.2) is 12.8 Å². The van der Waals surface area contributed by atoms with Crippen molar-refractivity contribution >= 4 is 5.97 Å². The van der Waals surface area contributed by atoms with E-state index in [1.165, 1.54) is 56.1 Å². The number of carbonyl (C=O) groups excluding carboxylic acids is 1. The van der Waals surface area contributed by atoms with E-state index in [4.69, 9.17) is 9.47 Å². The van der Waals surface area contributed by atoms with Gasteiger partial charge in [0.25, 0.3) is 0 Å². The summed E-state index contributed by atoms with van der Waals surface area (Å²) in [7, 11) is 0. The molecule has 0 bridgehead atoms. The molecule has 0 N–H and O–H groups in total. The van der Waals surface area contributed by atoms with Crippen LogP contribution in [0, 0.1) is 5.92 Å². The van der Waals surface area contributed by atoms with E-state index in [0.717, 1.165) is 23.5 Å². The molecule has 2 aromatic carbocycles. The SMILES string of the molecule is C=CC(=O)OCOc1ccc(-c2ccc(C3CCC(CCCC)CC3)cc2)cc1. The van der Waals surface area contributed by atoms with Gasteiger partial charge in [0, 0.05) is 6.08 Å². The molecular formula is C26H32O3. The lowest BCUT2D eigenvalue weighted by atomic mass is 9.77. The first-order valence-electron chi connectivity index (χ1n) is 10.8. The Labute approximate surface area is 174 Å². The standard InChI is InChI=1S/C26H32O3/c1-3-5-6-20-7-9-21(10-8-20)22-11-13-23(14-12-22)24-15-17-25(18-16-24)28-19-29-26(27)4-2/h4,11-18,20-21H,2-3,5-10,19H2,1H3.